The summed E-state index contributed by atoms with van der Waals surface area (Å²) in [6.45, 7) is 1.60. The van der Waals surface area contributed by atoms with Crippen molar-refractivity contribution in [3.63, 3.8) is 0 Å². The van der Waals surface area contributed by atoms with Crippen molar-refractivity contribution in [2.24, 2.45) is 0 Å². The van der Waals surface area contributed by atoms with Crippen LogP contribution in [0.15, 0.2) is 24.3 Å². The Kier molecular flexibility index (Phi) is 4.18. The second-order valence-corrected chi connectivity index (χ2v) is 4.65. The average molecular weight is 307 g/mol. The summed E-state index contributed by atoms with van der Waals surface area (Å²) in [5.74, 6) is -0.609. The van der Waals surface area contributed by atoms with Crippen molar-refractivity contribution >= 4 is 34.8 Å². The van der Waals surface area contributed by atoms with Crippen molar-refractivity contribution in [2.75, 3.05) is 5.32 Å². The van der Waals surface area contributed by atoms with E-state index < -0.39 is 16.9 Å². The number of carbonyl (C=O) groups is 2. The Morgan fingerprint density at radius 3 is 2.48 bits per heavy atom. The van der Waals surface area contributed by atoms with Gasteiger partial charge >= 0.3 is 6.03 Å². The molecule has 1 aromatic carbocycles. The van der Waals surface area contributed by atoms with Gasteiger partial charge in [-0.1, -0.05) is 4.49 Å². The van der Waals surface area contributed by atoms with Crippen LogP contribution in [0, 0.1) is 17.0 Å². The molecule has 0 saturated carbocycles. The molecule has 0 aliphatic carbocycles. The van der Waals surface area contributed by atoms with Crippen LogP contribution in [0.3, 0.4) is 0 Å². The van der Waals surface area contributed by atoms with E-state index in [-0.39, 0.29) is 10.6 Å². The second kappa shape index (κ2) is 6.05. The number of amides is 3. The molecule has 10 heteroatoms. The smallest absolute Gasteiger partial charge is 0.308 e. The maximum absolute atomic E-state index is 11.7. The van der Waals surface area contributed by atoms with Gasteiger partial charge in [-0.3, -0.25) is 20.2 Å². The molecule has 0 saturated heterocycles. The van der Waals surface area contributed by atoms with Crippen LogP contribution >= 0.6 is 11.5 Å². The summed E-state index contributed by atoms with van der Waals surface area (Å²) in [5, 5.41) is 18.7. The Morgan fingerprint density at radius 1 is 1.29 bits per heavy atom. The molecule has 0 bridgehead atoms. The van der Waals surface area contributed by atoms with E-state index >= 15 is 0 Å². The summed E-state index contributed by atoms with van der Waals surface area (Å²) in [6, 6.07) is 4.47. The molecule has 1 aromatic heterocycles. The van der Waals surface area contributed by atoms with E-state index in [2.05, 4.69) is 20.2 Å². The highest BCUT2D eigenvalue weighted by Crippen LogP contribution is 2.15. The minimum absolute atomic E-state index is 0.0941. The van der Waals surface area contributed by atoms with Crippen LogP contribution in [0.25, 0.3) is 0 Å². The van der Waals surface area contributed by atoms with Gasteiger partial charge in [-0.2, -0.15) is 0 Å². The van der Waals surface area contributed by atoms with E-state index in [0.717, 1.165) is 11.5 Å². The van der Waals surface area contributed by atoms with E-state index in [4.69, 9.17) is 0 Å². The highest BCUT2D eigenvalue weighted by molar-refractivity contribution is 7.08. The first kappa shape index (κ1) is 14.5. The number of rotatable bonds is 3. The molecule has 0 spiro atoms. The van der Waals surface area contributed by atoms with Gasteiger partial charge in [0.2, 0.25) is 0 Å². The molecule has 0 fully saturated rings. The summed E-state index contributed by atoms with van der Waals surface area (Å²) in [7, 11) is 0. The van der Waals surface area contributed by atoms with Gasteiger partial charge in [0.05, 0.1) is 10.6 Å². The zero-order valence-electron chi connectivity index (χ0n) is 10.7. The normalized spacial score (nSPS) is 9.95. The maximum atomic E-state index is 11.7. The lowest BCUT2D eigenvalue weighted by Gasteiger charge is -2.05. The zero-order chi connectivity index (χ0) is 15.4. The Labute approximate surface area is 122 Å². The number of aryl methyl sites for hydroxylation is 1. The van der Waals surface area contributed by atoms with Crippen LogP contribution in [-0.2, 0) is 0 Å². The molecule has 3 amide bonds. The van der Waals surface area contributed by atoms with Gasteiger partial charge in [-0.25, -0.2) is 4.79 Å². The largest absolute Gasteiger partial charge is 0.326 e. The van der Waals surface area contributed by atoms with Gasteiger partial charge < -0.3 is 5.32 Å². The van der Waals surface area contributed by atoms with E-state index in [1.54, 1.807) is 6.92 Å². The number of anilines is 1. The SMILES string of the molecule is Cc1nnsc1C(=O)NC(=O)Nc1ccc([N+](=O)[O-])cc1. The molecule has 0 aliphatic heterocycles. The number of nitrogens with one attached hydrogen (secondary N) is 2. The van der Waals surface area contributed by atoms with Crippen LogP contribution in [0.5, 0.6) is 0 Å². The first-order chi connectivity index (χ1) is 9.97. The number of nitro groups is 1. The highest BCUT2D eigenvalue weighted by Gasteiger charge is 2.16. The van der Waals surface area contributed by atoms with Crippen LogP contribution in [0.2, 0.25) is 0 Å². The minimum Gasteiger partial charge on any atom is -0.308 e. The fraction of sp³-hybridized carbons (Fsp3) is 0.0909. The lowest BCUT2D eigenvalue weighted by atomic mass is 10.3. The van der Waals surface area contributed by atoms with Crippen LogP contribution in [0.1, 0.15) is 15.4 Å². The number of nitrogens with zero attached hydrogens (tertiary/aromatic N) is 3. The third-order valence-electron chi connectivity index (χ3n) is 2.42. The van der Waals surface area contributed by atoms with Crippen LogP contribution in [-0.4, -0.2) is 26.4 Å². The highest BCUT2D eigenvalue weighted by atomic mass is 32.1. The first-order valence-electron chi connectivity index (χ1n) is 5.63. The second-order valence-electron chi connectivity index (χ2n) is 3.90. The molecule has 0 unspecified atom stereocenters. The topological polar surface area (TPSA) is 127 Å². The summed E-state index contributed by atoms with van der Waals surface area (Å²) < 4.78 is 3.60. The van der Waals surface area contributed by atoms with Crippen LogP contribution < -0.4 is 10.6 Å². The number of urea groups is 1. The zero-order valence-corrected chi connectivity index (χ0v) is 11.5. The number of aromatic nitrogens is 2. The maximum Gasteiger partial charge on any atom is 0.326 e. The third-order valence-corrected chi connectivity index (χ3v) is 3.25. The molecular formula is C11H9N5O4S. The van der Waals surface area contributed by atoms with E-state index in [0.29, 0.717) is 11.4 Å². The minimum atomic E-state index is -0.748. The molecule has 1 heterocycles. The number of non-ortho nitro benzene ring substituents is 1. The first-order valence-corrected chi connectivity index (χ1v) is 6.40. The van der Waals surface area contributed by atoms with Crippen molar-refractivity contribution in [3.05, 3.63) is 45.0 Å². The summed E-state index contributed by atoms with van der Waals surface area (Å²) in [4.78, 5) is 33.6. The predicted molar refractivity (Wildman–Crippen MR) is 74.2 cm³/mol. The third kappa shape index (κ3) is 3.57. The number of benzene rings is 1. The van der Waals surface area contributed by atoms with Gasteiger partial charge in [0, 0.05) is 17.8 Å². The van der Waals surface area contributed by atoms with Gasteiger partial charge in [0.15, 0.2) is 0 Å². The molecule has 2 rings (SSSR count). The number of hydrogen-bond acceptors (Lipinski definition) is 7. The Bertz CT molecular complexity index is 697. The number of hydrogen-bond donors (Lipinski definition) is 2. The Balaban J connectivity index is 1.97. The molecule has 2 N–H and O–H groups in total. The van der Waals surface area contributed by atoms with Crippen molar-refractivity contribution in [1.29, 1.82) is 0 Å². The van der Waals surface area contributed by atoms with Gasteiger partial charge in [0.1, 0.15) is 4.88 Å². The van der Waals surface area contributed by atoms with Gasteiger partial charge in [0.25, 0.3) is 11.6 Å². The number of nitro benzene ring substituents is 1. The Morgan fingerprint density at radius 2 is 1.95 bits per heavy atom. The van der Waals surface area contributed by atoms with Crippen molar-refractivity contribution in [2.45, 2.75) is 6.92 Å². The molecule has 2 aromatic rings. The number of imide groups is 1. The number of carbonyl (C=O) groups excluding carboxylic acids is 2. The van der Waals surface area contributed by atoms with E-state index in [9.17, 15) is 19.7 Å². The monoisotopic (exact) mass is 307 g/mol. The van der Waals surface area contributed by atoms with Gasteiger partial charge in [-0.15, -0.1) is 5.10 Å². The predicted octanol–water partition coefficient (Wildman–Crippen LogP) is 1.72. The fourth-order valence-electron chi connectivity index (χ4n) is 1.43. The molecular weight excluding hydrogens is 298 g/mol. The molecule has 9 nitrogen and oxygen atoms in total. The standard InChI is InChI=1S/C11H9N5O4S/c1-6-9(21-15-14-6)10(17)13-11(18)12-7-2-4-8(5-3-7)16(19)20/h2-5H,1H3,(H2,12,13,17,18). The summed E-state index contributed by atoms with van der Waals surface area (Å²) >= 11 is 0.883. The molecule has 108 valence electrons. The molecule has 21 heavy (non-hydrogen) atoms. The lowest BCUT2D eigenvalue weighted by Crippen LogP contribution is -2.34. The average Bonchev–Trinajstić information content (AvgIpc) is 2.85. The van der Waals surface area contributed by atoms with Crippen molar-refractivity contribution < 1.29 is 14.5 Å². The lowest BCUT2D eigenvalue weighted by molar-refractivity contribution is -0.384. The summed E-state index contributed by atoms with van der Waals surface area (Å²) in [6.07, 6.45) is 0. The van der Waals surface area contributed by atoms with Crippen LogP contribution in [0.4, 0.5) is 16.2 Å². The molecule has 0 aliphatic rings. The Hall–Kier alpha value is -2.88. The molecule has 0 radical (unpaired) electrons. The van der Waals surface area contributed by atoms with Crippen molar-refractivity contribution in [3.8, 4) is 0 Å². The summed E-state index contributed by atoms with van der Waals surface area (Å²) in [5.41, 5.74) is 0.661. The van der Waals surface area contributed by atoms with E-state index in [1.165, 1.54) is 24.3 Å². The van der Waals surface area contributed by atoms with Gasteiger partial charge in [-0.05, 0) is 30.6 Å². The fourth-order valence-corrected chi connectivity index (χ4v) is 1.98. The quantitative estimate of drug-likeness (QED) is 0.656. The molecule has 0 atom stereocenters. The van der Waals surface area contributed by atoms with E-state index in [1.807, 2.05) is 0 Å². The van der Waals surface area contributed by atoms with Crippen molar-refractivity contribution in [1.82, 2.24) is 14.9 Å².